The van der Waals surface area contributed by atoms with Crippen LogP contribution in [-0.4, -0.2) is 7.05 Å². The molecule has 0 amide bonds. The van der Waals surface area contributed by atoms with Crippen molar-refractivity contribution in [3.8, 4) is 0 Å². The molecular weight excluding hydrogens is 472 g/mol. The third-order valence-corrected chi connectivity index (χ3v) is 7.06. The predicted octanol–water partition coefficient (Wildman–Crippen LogP) is 10.2. The first-order chi connectivity index (χ1) is 19.3. The zero-order chi connectivity index (χ0) is 26.4. The van der Waals surface area contributed by atoms with Crippen LogP contribution in [0.25, 0.3) is 22.9 Å². The van der Waals surface area contributed by atoms with Crippen LogP contribution in [0, 0.1) is 0 Å². The molecule has 0 aromatic heterocycles. The van der Waals surface area contributed by atoms with Gasteiger partial charge in [0.2, 0.25) is 0 Å². The van der Waals surface area contributed by atoms with Gasteiger partial charge < -0.3 is 9.80 Å². The molecule has 188 valence electrons. The summed E-state index contributed by atoms with van der Waals surface area (Å²) in [7, 11) is 2.13. The summed E-state index contributed by atoms with van der Waals surface area (Å²) in [6, 6.07) is 53.4. The van der Waals surface area contributed by atoms with E-state index >= 15 is 0 Å². The van der Waals surface area contributed by atoms with Gasteiger partial charge in [0.05, 0.1) is 5.69 Å². The Labute approximate surface area is 230 Å². The lowest BCUT2D eigenvalue weighted by molar-refractivity contribution is 1.22. The fourth-order valence-corrected chi connectivity index (χ4v) is 5.04. The number of rotatable bonds is 7. The standard InChI is InChI=1S/C37H30N2/c1-38(31-15-7-3-8-16-31)36-27-28-37(35-20-12-11-19-34(35)36)39(32-17-9-4-10-18-32)33-25-23-30(24-26-33)22-21-29-13-5-2-6-14-29/h2-28H,1H3. The first kappa shape index (κ1) is 24.3. The Morgan fingerprint density at radius 3 is 1.44 bits per heavy atom. The number of para-hydroxylation sites is 2. The maximum atomic E-state index is 2.35. The van der Waals surface area contributed by atoms with Gasteiger partial charge in [-0.3, -0.25) is 0 Å². The van der Waals surface area contributed by atoms with Gasteiger partial charge in [0, 0.05) is 40.6 Å². The molecule has 2 heteroatoms. The molecule has 6 aromatic carbocycles. The van der Waals surface area contributed by atoms with E-state index in [4.69, 9.17) is 0 Å². The van der Waals surface area contributed by atoms with Gasteiger partial charge in [-0.25, -0.2) is 0 Å². The normalized spacial score (nSPS) is 11.1. The molecule has 0 atom stereocenters. The summed E-state index contributed by atoms with van der Waals surface area (Å²) in [5.41, 5.74) is 8.09. The van der Waals surface area contributed by atoms with Crippen molar-refractivity contribution in [2.45, 2.75) is 0 Å². The van der Waals surface area contributed by atoms with Crippen LogP contribution in [0.4, 0.5) is 28.4 Å². The first-order valence-corrected chi connectivity index (χ1v) is 13.3. The molecule has 0 aliphatic heterocycles. The quantitative estimate of drug-likeness (QED) is 0.200. The monoisotopic (exact) mass is 502 g/mol. The van der Waals surface area contributed by atoms with E-state index in [9.17, 15) is 0 Å². The van der Waals surface area contributed by atoms with Gasteiger partial charge in [-0.1, -0.05) is 115 Å². The number of benzene rings is 6. The van der Waals surface area contributed by atoms with E-state index in [1.54, 1.807) is 0 Å². The van der Waals surface area contributed by atoms with Crippen LogP contribution in [0.3, 0.4) is 0 Å². The zero-order valence-corrected chi connectivity index (χ0v) is 22.0. The molecule has 0 fully saturated rings. The minimum Gasteiger partial charge on any atom is -0.344 e. The molecule has 0 aliphatic carbocycles. The lowest BCUT2D eigenvalue weighted by atomic mass is 10.0. The van der Waals surface area contributed by atoms with Gasteiger partial charge in [-0.15, -0.1) is 0 Å². The molecule has 0 unspecified atom stereocenters. The fraction of sp³-hybridized carbons (Fsp3) is 0.0270. The van der Waals surface area contributed by atoms with E-state index in [2.05, 4.69) is 175 Å². The smallest absolute Gasteiger partial charge is 0.0541 e. The fourth-order valence-electron chi connectivity index (χ4n) is 5.04. The van der Waals surface area contributed by atoms with Gasteiger partial charge in [0.1, 0.15) is 0 Å². The minimum atomic E-state index is 1.12. The van der Waals surface area contributed by atoms with Crippen molar-refractivity contribution >= 4 is 51.4 Å². The zero-order valence-electron chi connectivity index (χ0n) is 22.0. The van der Waals surface area contributed by atoms with Crippen molar-refractivity contribution in [1.29, 1.82) is 0 Å². The molecule has 39 heavy (non-hydrogen) atoms. The Bertz CT molecular complexity index is 1690. The van der Waals surface area contributed by atoms with Crippen LogP contribution < -0.4 is 9.80 Å². The van der Waals surface area contributed by atoms with Crippen LogP contribution in [0.2, 0.25) is 0 Å². The lowest BCUT2D eigenvalue weighted by Crippen LogP contribution is -2.13. The first-order valence-electron chi connectivity index (χ1n) is 13.3. The van der Waals surface area contributed by atoms with Crippen molar-refractivity contribution < 1.29 is 0 Å². The van der Waals surface area contributed by atoms with E-state index in [1.165, 1.54) is 27.6 Å². The summed E-state index contributed by atoms with van der Waals surface area (Å²) in [4.78, 5) is 4.60. The van der Waals surface area contributed by atoms with E-state index in [1.807, 2.05) is 6.07 Å². The maximum Gasteiger partial charge on any atom is 0.0541 e. The number of nitrogens with zero attached hydrogens (tertiary/aromatic N) is 2. The maximum absolute atomic E-state index is 2.35. The number of anilines is 5. The summed E-state index contributed by atoms with van der Waals surface area (Å²) in [5.74, 6) is 0. The van der Waals surface area contributed by atoms with Gasteiger partial charge in [0.25, 0.3) is 0 Å². The molecule has 0 saturated carbocycles. The van der Waals surface area contributed by atoms with Crippen molar-refractivity contribution in [3.05, 3.63) is 163 Å². The van der Waals surface area contributed by atoms with Crippen LogP contribution >= 0.6 is 0 Å². The number of hydrogen-bond donors (Lipinski definition) is 0. The Kier molecular flexibility index (Phi) is 6.92. The largest absolute Gasteiger partial charge is 0.344 e. The molecule has 6 rings (SSSR count). The second-order valence-electron chi connectivity index (χ2n) is 9.55. The molecule has 0 heterocycles. The molecule has 6 aromatic rings. The summed E-state index contributed by atoms with van der Waals surface area (Å²) < 4.78 is 0. The topological polar surface area (TPSA) is 6.48 Å². The molecular formula is C37H30N2. The Morgan fingerprint density at radius 2 is 0.821 bits per heavy atom. The Hall–Kier alpha value is -5.08. The molecule has 0 radical (unpaired) electrons. The average molecular weight is 503 g/mol. The third kappa shape index (κ3) is 5.18. The van der Waals surface area contributed by atoms with Crippen LogP contribution in [0.5, 0.6) is 0 Å². The van der Waals surface area contributed by atoms with Gasteiger partial charge >= 0.3 is 0 Å². The average Bonchev–Trinajstić information content (AvgIpc) is 3.02. The Balaban J connectivity index is 1.43. The minimum absolute atomic E-state index is 1.12. The van der Waals surface area contributed by atoms with E-state index < -0.39 is 0 Å². The molecule has 0 bridgehead atoms. The summed E-state index contributed by atoms with van der Waals surface area (Å²) in [6.45, 7) is 0. The molecule has 0 aliphatic rings. The van der Waals surface area contributed by atoms with Crippen molar-refractivity contribution in [1.82, 2.24) is 0 Å². The number of fused-ring (bicyclic) bond motifs is 1. The molecule has 2 nitrogen and oxygen atoms in total. The second-order valence-corrected chi connectivity index (χ2v) is 9.55. The van der Waals surface area contributed by atoms with Crippen LogP contribution in [0.15, 0.2) is 152 Å². The summed E-state index contributed by atoms with van der Waals surface area (Å²) in [6.07, 6.45) is 4.31. The summed E-state index contributed by atoms with van der Waals surface area (Å²) >= 11 is 0. The highest BCUT2D eigenvalue weighted by atomic mass is 15.1. The van der Waals surface area contributed by atoms with E-state index in [0.29, 0.717) is 0 Å². The number of hydrogen-bond acceptors (Lipinski definition) is 2. The van der Waals surface area contributed by atoms with Gasteiger partial charge in [0.15, 0.2) is 0 Å². The van der Waals surface area contributed by atoms with Gasteiger partial charge in [-0.2, -0.15) is 0 Å². The highest BCUT2D eigenvalue weighted by Gasteiger charge is 2.18. The van der Waals surface area contributed by atoms with Gasteiger partial charge in [-0.05, 0) is 59.7 Å². The van der Waals surface area contributed by atoms with Crippen LogP contribution in [-0.2, 0) is 0 Å². The van der Waals surface area contributed by atoms with Crippen molar-refractivity contribution in [2.24, 2.45) is 0 Å². The third-order valence-electron chi connectivity index (χ3n) is 7.06. The van der Waals surface area contributed by atoms with E-state index in [0.717, 1.165) is 22.7 Å². The SMILES string of the molecule is CN(c1ccccc1)c1ccc(N(c2ccccc2)c2ccc(C=Cc3ccccc3)cc2)c2ccccc12. The molecule has 0 saturated heterocycles. The highest BCUT2D eigenvalue weighted by Crippen LogP contribution is 2.42. The molecule has 0 N–H and O–H groups in total. The highest BCUT2D eigenvalue weighted by molar-refractivity contribution is 6.06. The second kappa shape index (κ2) is 11.1. The van der Waals surface area contributed by atoms with Crippen molar-refractivity contribution in [3.63, 3.8) is 0 Å². The predicted molar refractivity (Wildman–Crippen MR) is 169 cm³/mol. The summed E-state index contributed by atoms with van der Waals surface area (Å²) in [5, 5.41) is 2.42. The lowest BCUT2D eigenvalue weighted by Gasteiger charge is -2.29. The Morgan fingerprint density at radius 1 is 0.385 bits per heavy atom. The van der Waals surface area contributed by atoms with Crippen molar-refractivity contribution in [2.75, 3.05) is 16.8 Å². The molecule has 0 spiro atoms. The van der Waals surface area contributed by atoms with E-state index in [-0.39, 0.29) is 0 Å². The van der Waals surface area contributed by atoms with Crippen LogP contribution in [0.1, 0.15) is 11.1 Å².